The number of hydrogen-bond donors (Lipinski definition) is 1. The highest BCUT2D eigenvalue weighted by molar-refractivity contribution is 6.34. The van der Waals surface area contributed by atoms with Crippen LogP contribution in [0.5, 0.6) is 0 Å². The molecule has 1 amide bonds. The second-order valence-electron chi connectivity index (χ2n) is 10.1. The van der Waals surface area contributed by atoms with Crippen molar-refractivity contribution in [3.8, 4) is 0 Å². The fraction of sp³-hybridized carbons (Fsp3) is 0.414. The third-order valence-electron chi connectivity index (χ3n) is 7.68. The zero-order valence-electron chi connectivity index (χ0n) is 21.3. The third-order valence-corrected chi connectivity index (χ3v) is 8.01. The molecular weight excluding hydrogens is 486 g/mol. The van der Waals surface area contributed by atoms with Crippen LogP contribution in [0.4, 0.5) is 11.5 Å². The van der Waals surface area contributed by atoms with E-state index in [0.29, 0.717) is 28.4 Å². The van der Waals surface area contributed by atoms with Crippen molar-refractivity contribution in [2.75, 3.05) is 36.8 Å². The maximum Gasteiger partial charge on any atom is 0.259 e. The van der Waals surface area contributed by atoms with Crippen molar-refractivity contribution < 1.29 is 9.59 Å². The standard InChI is InChI=1S/C29H34ClN5O2/c1-33-28(24-7-3-5-9-26(24)32-33)35(29(37)21-10-12-22(31)13-11-21)19-18-34-16-14-20(15-17-34)27(36)23-6-2-4-8-25(23)30/h2,4,6,8,10-13,20H,3,5,7,9,14-19,31H2,1H3. The fourth-order valence-corrected chi connectivity index (χ4v) is 5.86. The number of likely N-dealkylation sites (tertiary alicyclic amines) is 1. The van der Waals surface area contributed by atoms with Crippen LogP contribution in [0.1, 0.15) is 57.7 Å². The lowest BCUT2D eigenvalue weighted by Crippen LogP contribution is -2.43. The van der Waals surface area contributed by atoms with Gasteiger partial charge in [-0.25, -0.2) is 0 Å². The molecule has 37 heavy (non-hydrogen) atoms. The average molecular weight is 520 g/mol. The Bertz CT molecular complexity index is 1280. The number of piperidine rings is 1. The van der Waals surface area contributed by atoms with Crippen molar-refractivity contribution in [3.63, 3.8) is 0 Å². The maximum absolute atomic E-state index is 13.8. The number of nitrogens with zero attached hydrogens (tertiary/aromatic N) is 4. The normalized spacial score (nSPS) is 16.4. The van der Waals surface area contributed by atoms with Gasteiger partial charge in [-0.05, 0) is 88.0 Å². The summed E-state index contributed by atoms with van der Waals surface area (Å²) in [6, 6.07) is 14.4. The smallest absolute Gasteiger partial charge is 0.259 e. The lowest BCUT2D eigenvalue weighted by Gasteiger charge is -2.33. The van der Waals surface area contributed by atoms with Crippen molar-refractivity contribution in [1.29, 1.82) is 0 Å². The number of halogens is 1. The minimum atomic E-state index is -0.0415. The molecule has 1 saturated heterocycles. The van der Waals surface area contributed by atoms with Crippen LogP contribution in [0.15, 0.2) is 48.5 Å². The highest BCUT2D eigenvalue weighted by Crippen LogP contribution is 2.31. The third kappa shape index (κ3) is 5.43. The molecule has 0 atom stereocenters. The Morgan fingerprint density at radius 1 is 1.05 bits per heavy atom. The summed E-state index contributed by atoms with van der Waals surface area (Å²) in [5.41, 5.74) is 10.0. The van der Waals surface area contributed by atoms with E-state index in [2.05, 4.69) is 4.90 Å². The molecule has 0 spiro atoms. The molecule has 8 heteroatoms. The van der Waals surface area contributed by atoms with Crippen molar-refractivity contribution in [2.45, 2.75) is 38.5 Å². The van der Waals surface area contributed by atoms with E-state index in [9.17, 15) is 9.59 Å². The van der Waals surface area contributed by atoms with E-state index in [4.69, 9.17) is 22.4 Å². The molecule has 0 bridgehead atoms. The van der Waals surface area contributed by atoms with Gasteiger partial charge in [-0.1, -0.05) is 23.7 Å². The van der Waals surface area contributed by atoms with Gasteiger partial charge in [-0.15, -0.1) is 0 Å². The number of aryl methyl sites for hydroxylation is 2. The van der Waals surface area contributed by atoms with E-state index in [1.807, 2.05) is 34.8 Å². The van der Waals surface area contributed by atoms with E-state index < -0.39 is 0 Å². The van der Waals surface area contributed by atoms with Gasteiger partial charge in [0.25, 0.3) is 5.91 Å². The number of aromatic nitrogens is 2. The van der Waals surface area contributed by atoms with Crippen LogP contribution < -0.4 is 10.6 Å². The number of Topliss-reactive ketones (excluding diaryl/α,β-unsaturated/α-hetero) is 1. The van der Waals surface area contributed by atoms with Crippen LogP contribution in [0.3, 0.4) is 0 Å². The molecule has 2 aliphatic rings. The Kier molecular flexibility index (Phi) is 7.63. The molecule has 3 aromatic rings. The lowest BCUT2D eigenvalue weighted by atomic mass is 9.89. The molecule has 0 saturated carbocycles. The SMILES string of the molecule is Cn1nc2c(c1N(CCN1CCC(C(=O)c3ccccc3Cl)CC1)C(=O)c1ccc(N)cc1)CCCC2. The summed E-state index contributed by atoms with van der Waals surface area (Å²) in [4.78, 5) is 31.0. The van der Waals surface area contributed by atoms with Gasteiger partial charge in [0.2, 0.25) is 0 Å². The van der Waals surface area contributed by atoms with Crippen molar-refractivity contribution in [3.05, 3.63) is 75.9 Å². The molecule has 5 rings (SSSR count). The minimum Gasteiger partial charge on any atom is -0.399 e. The first kappa shape index (κ1) is 25.5. The number of ketones is 1. The summed E-state index contributed by atoms with van der Waals surface area (Å²) in [7, 11) is 1.93. The molecule has 1 fully saturated rings. The first-order valence-electron chi connectivity index (χ1n) is 13.2. The second-order valence-corrected chi connectivity index (χ2v) is 10.5. The molecule has 0 unspecified atom stereocenters. The molecule has 1 aliphatic heterocycles. The first-order valence-corrected chi connectivity index (χ1v) is 13.5. The zero-order chi connectivity index (χ0) is 25.9. The number of anilines is 2. The highest BCUT2D eigenvalue weighted by atomic mass is 35.5. The van der Waals surface area contributed by atoms with Gasteiger partial charge in [0.05, 0.1) is 10.7 Å². The number of nitrogen functional groups attached to an aromatic ring is 1. The summed E-state index contributed by atoms with van der Waals surface area (Å²) in [5.74, 6) is 0.972. The van der Waals surface area contributed by atoms with Gasteiger partial charge in [-0.2, -0.15) is 5.10 Å². The van der Waals surface area contributed by atoms with E-state index in [1.54, 1.807) is 30.3 Å². The number of carbonyl (C=O) groups is 2. The summed E-state index contributed by atoms with van der Waals surface area (Å²) in [5, 5.41) is 5.28. The Hall–Kier alpha value is -3.16. The summed E-state index contributed by atoms with van der Waals surface area (Å²) >= 11 is 6.27. The minimum absolute atomic E-state index is 0.0206. The number of benzene rings is 2. The number of rotatable bonds is 7. The van der Waals surface area contributed by atoms with Crippen molar-refractivity contribution >= 4 is 34.8 Å². The average Bonchev–Trinajstić information content (AvgIpc) is 3.25. The van der Waals surface area contributed by atoms with Crippen molar-refractivity contribution in [1.82, 2.24) is 14.7 Å². The summed E-state index contributed by atoms with van der Waals surface area (Å²) in [6.45, 7) is 2.91. The van der Waals surface area contributed by atoms with Crippen LogP contribution in [0, 0.1) is 5.92 Å². The Balaban J connectivity index is 1.30. The second kappa shape index (κ2) is 11.1. The fourth-order valence-electron chi connectivity index (χ4n) is 5.63. The quantitative estimate of drug-likeness (QED) is 0.359. The number of fused-ring (bicyclic) bond motifs is 1. The molecule has 7 nitrogen and oxygen atoms in total. The van der Waals surface area contributed by atoms with Gasteiger partial charge in [0.1, 0.15) is 5.82 Å². The molecule has 1 aromatic heterocycles. The summed E-state index contributed by atoms with van der Waals surface area (Å²) in [6.07, 6.45) is 5.73. The number of hydrogen-bond acceptors (Lipinski definition) is 5. The van der Waals surface area contributed by atoms with Gasteiger partial charge >= 0.3 is 0 Å². The molecule has 1 aliphatic carbocycles. The van der Waals surface area contributed by atoms with Crippen LogP contribution in [0.25, 0.3) is 0 Å². The van der Waals surface area contributed by atoms with Gasteiger partial charge in [0, 0.05) is 48.4 Å². The zero-order valence-corrected chi connectivity index (χ0v) is 22.1. The predicted molar refractivity (Wildman–Crippen MR) is 147 cm³/mol. The topological polar surface area (TPSA) is 84.5 Å². The van der Waals surface area contributed by atoms with E-state index in [-0.39, 0.29) is 17.6 Å². The van der Waals surface area contributed by atoms with E-state index in [1.165, 1.54) is 5.56 Å². The van der Waals surface area contributed by atoms with Gasteiger partial charge < -0.3 is 10.6 Å². The Morgan fingerprint density at radius 3 is 2.49 bits per heavy atom. The van der Waals surface area contributed by atoms with Gasteiger partial charge in [-0.3, -0.25) is 19.2 Å². The van der Waals surface area contributed by atoms with Gasteiger partial charge in [0.15, 0.2) is 5.78 Å². The lowest BCUT2D eigenvalue weighted by molar-refractivity contribution is 0.0841. The maximum atomic E-state index is 13.8. The molecule has 2 aromatic carbocycles. The molecule has 194 valence electrons. The largest absolute Gasteiger partial charge is 0.399 e. The molecular formula is C29H34ClN5O2. The molecule has 2 N–H and O–H groups in total. The number of amides is 1. The Morgan fingerprint density at radius 2 is 1.76 bits per heavy atom. The molecule has 2 heterocycles. The van der Waals surface area contributed by atoms with Crippen LogP contribution in [-0.4, -0.2) is 52.5 Å². The molecule has 0 radical (unpaired) electrons. The van der Waals surface area contributed by atoms with Crippen LogP contribution in [0.2, 0.25) is 5.02 Å². The van der Waals surface area contributed by atoms with Crippen molar-refractivity contribution in [2.24, 2.45) is 13.0 Å². The number of nitrogens with two attached hydrogens (primary N) is 1. The predicted octanol–water partition coefficient (Wildman–Crippen LogP) is 4.78. The van der Waals surface area contributed by atoms with E-state index in [0.717, 1.165) is 69.7 Å². The van der Waals surface area contributed by atoms with E-state index >= 15 is 0 Å². The first-order chi connectivity index (χ1) is 17.9. The van der Waals surface area contributed by atoms with Crippen LogP contribution in [-0.2, 0) is 19.9 Å². The van der Waals surface area contributed by atoms with Crippen LogP contribution >= 0.6 is 11.6 Å². The summed E-state index contributed by atoms with van der Waals surface area (Å²) < 4.78 is 1.87. The monoisotopic (exact) mass is 519 g/mol. The highest BCUT2D eigenvalue weighted by Gasteiger charge is 2.30. The number of carbonyl (C=O) groups excluding carboxylic acids is 2. The Labute approximate surface area is 223 Å².